The second-order valence-corrected chi connectivity index (χ2v) is 6.41. The Kier molecular flexibility index (Phi) is 4.78. The molecule has 22 heavy (non-hydrogen) atoms. The van der Waals surface area contributed by atoms with Gasteiger partial charge in [0, 0.05) is 39.1 Å². The number of aromatic nitrogens is 2. The van der Waals surface area contributed by atoms with E-state index in [0.29, 0.717) is 5.92 Å². The van der Waals surface area contributed by atoms with Crippen LogP contribution < -0.4 is 5.32 Å². The van der Waals surface area contributed by atoms with Crippen molar-refractivity contribution in [3.05, 3.63) is 18.5 Å². The van der Waals surface area contributed by atoms with E-state index in [4.69, 9.17) is 4.74 Å². The number of nitrogens with one attached hydrogen (secondary N) is 1. The Labute approximate surface area is 131 Å². The number of ether oxygens (including phenoxy) is 1. The highest BCUT2D eigenvalue weighted by atomic mass is 16.5. The minimum atomic E-state index is -0.597. The third-order valence-electron chi connectivity index (χ3n) is 5.10. The average molecular weight is 306 g/mol. The van der Waals surface area contributed by atoms with Gasteiger partial charge in [-0.15, -0.1) is 0 Å². The smallest absolute Gasteiger partial charge is 0.254 e. The maximum Gasteiger partial charge on any atom is 0.254 e. The number of carbonyl (C=O) groups is 1. The molecule has 0 saturated carbocycles. The molecule has 122 valence electrons. The molecular formula is C16H26N4O2. The first-order valence-electron chi connectivity index (χ1n) is 8.26. The average Bonchev–Trinajstić information content (AvgIpc) is 3.08. The van der Waals surface area contributed by atoms with Crippen LogP contribution in [-0.2, 0) is 16.1 Å². The molecule has 1 aromatic rings. The minimum absolute atomic E-state index is 0.189. The third-order valence-corrected chi connectivity index (χ3v) is 5.10. The molecule has 3 rings (SSSR count). The summed E-state index contributed by atoms with van der Waals surface area (Å²) in [7, 11) is 1.67. The van der Waals surface area contributed by atoms with Crippen LogP contribution in [0.15, 0.2) is 18.5 Å². The lowest BCUT2D eigenvalue weighted by atomic mass is 9.88. The van der Waals surface area contributed by atoms with Crippen molar-refractivity contribution in [2.45, 2.75) is 37.8 Å². The molecule has 0 bridgehead atoms. The number of rotatable bonds is 4. The van der Waals surface area contributed by atoms with Gasteiger partial charge in [-0.3, -0.25) is 9.48 Å². The molecule has 0 spiro atoms. The highest BCUT2D eigenvalue weighted by molar-refractivity contribution is 5.85. The molecule has 0 aliphatic carbocycles. The number of carbonyl (C=O) groups excluding carboxylic acids is 1. The molecule has 3 heterocycles. The van der Waals surface area contributed by atoms with Gasteiger partial charge in [0.1, 0.15) is 5.60 Å². The molecule has 0 atom stereocenters. The number of hydrogen-bond donors (Lipinski definition) is 1. The van der Waals surface area contributed by atoms with Crippen LogP contribution in [0.25, 0.3) is 0 Å². The van der Waals surface area contributed by atoms with Gasteiger partial charge < -0.3 is 15.0 Å². The summed E-state index contributed by atoms with van der Waals surface area (Å²) in [5, 5.41) is 7.57. The van der Waals surface area contributed by atoms with E-state index in [1.165, 1.54) is 0 Å². The molecule has 0 radical (unpaired) electrons. The van der Waals surface area contributed by atoms with E-state index in [9.17, 15) is 4.79 Å². The first kappa shape index (κ1) is 15.5. The zero-order valence-corrected chi connectivity index (χ0v) is 13.3. The molecule has 6 heteroatoms. The summed E-state index contributed by atoms with van der Waals surface area (Å²) >= 11 is 0. The van der Waals surface area contributed by atoms with Crippen molar-refractivity contribution >= 4 is 5.91 Å². The van der Waals surface area contributed by atoms with Gasteiger partial charge in [0.05, 0.1) is 0 Å². The van der Waals surface area contributed by atoms with Crippen LogP contribution in [-0.4, -0.2) is 59.5 Å². The standard InChI is InChI=1S/C16H26N4O2/c1-22-16(5-8-17-9-6-16)15(21)19-11-3-14(4-12-19)13-20-10-2-7-18-20/h2,7,10,14,17H,3-6,8-9,11-13H2,1H3. The van der Waals surface area contributed by atoms with Crippen molar-refractivity contribution in [1.29, 1.82) is 0 Å². The maximum atomic E-state index is 12.9. The Balaban J connectivity index is 1.55. The normalized spacial score (nSPS) is 22.7. The summed E-state index contributed by atoms with van der Waals surface area (Å²) in [4.78, 5) is 14.9. The molecule has 2 saturated heterocycles. The van der Waals surface area contributed by atoms with E-state index >= 15 is 0 Å². The molecule has 1 amide bonds. The molecule has 1 aromatic heterocycles. The number of likely N-dealkylation sites (tertiary alicyclic amines) is 1. The van der Waals surface area contributed by atoms with Crippen LogP contribution in [0, 0.1) is 5.92 Å². The van der Waals surface area contributed by atoms with E-state index in [0.717, 1.165) is 58.4 Å². The Morgan fingerprint density at radius 3 is 2.68 bits per heavy atom. The van der Waals surface area contributed by atoms with Crippen molar-refractivity contribution in [2.75, 3.05) is 33.3 Å². The Hall–Kier alpha value is -1.40. The zero-order valence-electron chi connectivity index (χ0n) is 13.3. The molecule has 2 aliphatic heterocycles. The topological polar surface area (TPSA) is 59.4 Å². The van der Waals surface area contributed by atoms with Crippen LogP contribution in [0.4, 0.5) is 0 Å². The number of amides is 1. The molecule has 6 nitrogen and oxygen atoms in total. The van der Waals surface area contributed by atoms with Gasteiger partial charge >= 0.3 is 0 Å². The van der Waals surface area contributed by atoms with Gasteiger partial charge in [-0.1, -0.05) is 0 Å². The molecule has 2 fully saturated rings. The number of nitrogens with zero attached hydrogens (tertiary/aromatic N) is 3. The second kappa shape index (κ2) is 6.79. The van der Waals surface area contributed by atoms with Crippen LogP contribution >= 0.6 is 0 Å². The van der Waals surface area contributed by atoms with Crippen molar-refractivity contribution in [2.24, 2.45) is 5.92 Å². The Morgan fingerprint density at radius 2 is 2.09 bits per heavy atom. The second-order valence-electron chi connectivity index (χ2n) is 6.41. The summed E-state index contributed by atoms with van der Waals surface area (Å²) in [6.07, 6.45) is 7.46. The fourth-order valence-corrected chi connectivity index (χ4v) is 3.62. The largest absolute Gasteiger partial charge is 0.368 e. The number of piperidine rings is 2. The lowest BCUT2D eigenvalue weighted by molar-refractivity contribution is -0.159. The van der Waals surface area contributed by atoms with Gasteiger partial charge in [0.25, 0.3) is 5.91 Å². The number of hydrogen-bond acceptors (Lipinski definition) is 4. The molecule has 2 aliphatic rings. The van der Waals surface area contributed by atoms with Crippen molar-refractivity contribution < 1.29 is 9.53 Å². The molecule has 0 unspecified atom stereocenters. The monoisotopic (exact) mass is 306 g/mol. The van der Waals surface area contributed by atoms with Gasteiger partial charge in [-0.25, -0.2) is 0 Å². The molecular weight excluding hydrogens is 280 g/mol. The predicted molar refractivity (Wildman–Crippen MR) is 83.4 cm³/mol. The van der Waals surface area contributed by atoms with Crippen LogP contribution in [0.2, 0.25) is 0 Å². The summed E-state index contributed by atoms with van der Waals surface area (Å²) < 4.78 is 7.65. The lowest BCUT2D eigenvalue weighted by Crippen LogP contribution is -2.56. The van der Waals surface area contributed by atoms with Gasteiger partial charge in [0.2, 0.25) is 0 Å². The fraction of sp³-hybridized carbons (Fsp3) is 0.750. The zero-order chi connectivity index (χ0) is 15.4. The van der Waals surface area contributed by atoms with Gasteiger partial charge in [-0.2, -0.15) is 5.10 Å². The van der Waals surface area contributed by atoms with Crippen molar-refractivity contribution in [3.63, 3.8) is 0 Å². The summed E-state index contributed by atoms with van der Waals surface area (Å²) in [5.41, 5.74) is -0.597. The molecule has 0 aromatic carbocycles. The van der Waals surface area contributed by atoms with Crippen LogP contribution in [0.5, 0.6) is 0 Å². The van der Waals surface area contributed by atoms with E-state index in [1.54, 1.807) is 7.11 Å². The van der Waals surface area contributed by atoms with E-state index < -0.39 is 5.60 Å². The Morgan fingerprint density at radius 1 is 1.36 bits per heavy atom. The minimum Gasteiger partial charge on any atom is -0.368 e. The van der Waals surface area contributed by atoms with Gasteiger partial charge in [-0.05, 0) is 50.8 Å². The van der Waals surface area contributed by atoms with E-state index in [1.807, 2.05) is 28.0 Å². The van der Waals surface area contributed by atoms with Crippen LogP contribution in [0.1, 0.15) is 25.7 Å². The number of methoxy groups -OCH3 is 1. The first-order valence-corrected chi connectivity index (χ1v) is 8.26. The summed E-state index contributed by atoms with van der Waals surface area (Å²) in [5.74, 6) is 0.796. The maximum absolute atomic E-state index is 12.9. The SMILES string of the molecule is COC1(C(=O)N2CCC(Cn3cccn3)CC2)CCNCC1. The summed E-state index contributed by atoms with van der Waals surface area (Å²) in [6.45, 7) is 4.34. The Bertz CT molecular complexity index is 474. The fourth-order valence-electron chi connectivity index (χ4n) is 3.62. The molecule has 1 N–H and O–H groups in total. The third kappa shape index (κ3) is 3.17. The van der Waals surface area contributed by atoms with Crippen molar-refractivity contribution in [1.82, 2.24) is 20.0 Å². The first-order chi connectivity index (χ1) is 10.7. The summed E-state index contributed by atoms with van der Waals surface area (Å²) in [6, 6.07) is 1.96. The quantitative estimate of drug-likeness (QED) is 0.897. The highest BCUT2D eigenvalue weighted by Crippen LogP contribution is 2.28. The van der Waals surface area contributed by atoms with Gasteiger partial charge in [0.15, 0.2) is 0 Å². The predicted octanol–water partition coefficient (Wildman–Crippen LogP) is 0.890. The van der Waals surface area contributed by atoms with Crippen LogP contribution in [0.3, 0.4) is 0 Å². The highest BCUT2D eigenvalue weighted by Gasteiger charge is 2.43. The van der Waals surface area contributed by atoms with E-state index in [2.05, 4.69) is 10.4 Å². The lowest BCUT2D eigenvalue weighted by Gasteiger charge is -2.41. The van der Waals surface area contributed by atoms with E-state index in [-0.39, 0.29) is 5.91 Å². The van der Waals surface area contributed by atoms with Crippen molar-refractivity contribution in [3.8, 4) is 0 Å².